The zero-order valence-electron chi connectivity index (χ0n) is 72.7. The molecule has 29 heteroatoms. The molecule has 0 radical (unpaired) electrons. The van der Waals surface area contributed by atoms with Crippen LogP contribution in [0, 0.1) is 0 Å². The number of halogens is 2. The summed E-state index contributed by atoms with van der Waals surface area (Å²) in [6.45, 7) is 11.8. The SMILES string of the molecule is CC(C)(C)OC(=O)[C@H](CO)NCCN.CC(C)(C)OC(=O)[C@H](CO)NCCNc1nc2ccccc2n(C2C[C@H]3CC[C@@H](C2)N3C2CCCCCCC2)c1=O.Cl.O=C(O)C(CO)NCCNc1nc2ccccc2n(C2C[C@H]3CC[C@@H](C2)N3C2CCCCCCC2)c1=O.O=c1c(Cl)nc2ccccc2n1C1C[C@H]2CC[C@@H](C1)N2C1CCCCCCC1. The topological polar surface area (TPSA) is 351 Å². The number of para-hydroxylation sites is 6. The number of anilines is 2. The summed E-state index contributed by atoms with van der Waals surface area (Å²) >= 11 is 6.23. The van der Waals surface area contributed by atoms with Crippen LogP contribution in [0.25, 0.3) is 33.1 Å². The van der Waals surface area contributed by atoms with Gasteiger partial charge in [0.25, 0.3) is 16.7 Å². The third-order valence-electron chi connectivity index (χ3n) is 26.6. The highest BCUT2D eigenvalue weighted by atomic mass is 35.5. The number of nitrogens with two attached hydrogens (primary N) is 1. The van der Waals surface area contributed by atoms with Crippen LogP contribution in [-0.4, -0.2) is 224 Å². The van der Waals surface area contributed by atoms with E-state index in [-0.39, 0.29) is 72.1 Å². The highest BCUT2D eigenvalue weighted by molar-refractivity contribution is 6.29. The van der Waals surface area contributed by atoms with Crippen LogP contribution < -0.4 is 49.0 Å². The van der Waals surface area contributed by atoms with Crippen molar-refractivity contribution < 1.29 is 44.3 Å². The minimum atomic E-state index is -1.10. The van der Waals surface area contributed by atoms with E-state index in [0.717, 1.165) is 77.7 Å². The fourth-order valence-corrected chi connectivity index (χ4v) is 21.6. The molecule has 3 saturated carbocycles. The molecule has 3 aromatic heterocycles. The number of carboxylic acid groups (broad SMARTS) is 1. The number of hydrogen-bond donors (Lipinski definition) is 10. The number of hydrogen-bond acceptors (Lipinski definition) is 23. The second-order valence-electron chi connectivity index (χ2n) is 37.3. The average Bonchev–Trinajstić information content (AvgIpc) is 1.62. The molecule has 6 saturated heterocycles. The Morgan fingerprint density at radius 3 is 0.983 bits per heavy atom. The molecule has 121 heavy (non-hydrogen) atoms. The molecular weight excluding hydrogens is 1580 g/mol. The van der Waals surface area contributed by atoms with Gasteiger partial charge in [-0.15, -0.1) is 12.4 Å². The highest BCUT2D eigenvalue weighted by Gasteiger charge is 2.48. The van der Waals surface area contributed by atoms with Gasteiger partial charge in [0.05, 0.1) is 52.9 Å². The van der Waals surface area contributed by atoms with Gasteiger partial charge in [0.15, 0.2) is 16.8 Å². The maximum Gasteiger partial charge on any atom is 0.326 e. The summed E-state index contributed by atoms with van der Waals surface area (Å²) in [7, 11) is 0. The molecule has 3 aromatic carbocycles. The Bertz CT molecular complexity index is 4440. The number of aliphatic hydroxyl groups excluding tert-OH is 3. The van der Waals surface area contributed by atoms with Crippen molar-refractivity contribution in [1.29, 1.82) is 0 Å². The van der Waals surface area contributed by atoms with Gasteiger partial charge in [-0.2, -0.15) is 0 Å². The van der Waals surface area contributed by atoms with Crippen molar-refractivity contribution in [1.82, 2.24) is 59.3 Å². The second kappa shape index (κ2) is 45.4. The molecule has 0 spiro atoms. The number of carboxylic acids is 1. The Balaban J connectivity index is 0.000000166. The second-order valence-corrected chi connectivity index (χ2v) is 37.7. The standard InChI is InChI=1S/C32H49N5O4.C28H41N5O4.C23H30ClN3O.C9H20N2O3.ClH/c1-32(2,3)41-31(40)27(21-38)33-17-18-34-29-30(39)37(28-14-10-9-13-26(28)35-29)25-19-23-15-16-24(20-25)36(23)22-11-7-5-4-6-8-12-22;34-18-24(28(36)37)29-14-15-30-26-27(35)33(25-11-7-6-10-23(25)31-26)22-16-20-12-13-21(17-22)32(20)19-8-4-2-1-3-5-9-19;24-22-23(28)27(21-11-7-6-10-20(21)25-22)19-14-17-12-13-18(15-19)26(17)16-8-4-2-1-3-5-9-16;1-9(2,3)14-8(13)7(6-12)11-5-4-10;/h9-10,13-14,22-25,27,33,38H,4-8,11-12,15-21H2,1-3H3,(H,34,35);6-7,10-11,19-22,24,29,34H,1-5,8-9,12-18H2,(H,30,31)(H,36,37);6-7,10-11,16-19H,1-5,8-9,12-15H2;7,11-12H,4-6,10H2,1-3H3;1H/t23-,24+,25?,27-;20-,21+,22?,24?;17-,18+,19?;7-;/m0..0./s1. The van der Waals surface area contributed by atoms with Crippen LogP contribution in [0.1, 0.15) is 272 Å². The van der Waals surface area contributed by atoms with E-state index in [4.69, 9.17) is 37.0 Å². The lowest BCUT2D eigenvalue weighted by Crippen LogP contribution is -2.50. The number of benzene rings is 3. The Kier molecular flexibility index (Phi) is 35.6. The zero-order valence-corrected chi connectivity index (χ0v) is 74.3. The molecule has 9 heterocycles. The average molecular weight is 1720 g/mol. The van der Waals surface area contributed by atoms with E-state index in [1.807, 2.05) is 86.5 Å². The van der Waals surface area contributed by atoms with Gasteiger partial charge in [0, 0.05) is 112 Å². The predicted octanol–water partition coefficient (Wildman–Crippen LogP) is 12.5. The molecule has 11 N–H and O–H groups in total. The van der Waals surface area contributed by atoms with E-state index in [9.17, 15) is 39.0 Å². The van der Waals surface area contributed by atoms with Crippen molar-refractivity contribution >= 4 is 86.7 Å². The molecule has 9 aliphatic rings. The number of nitrogens with zero attached hydrogens (tertiary/aromatic N) is 9. The van der Waals surface area contributed by atoms with Crippen molar-refractivity contribution in [3.8, 4) is 0 Å². The smallest absolute Gasteiger partial charge is 0.326 e. The molecule has 0 amide bonds. The summed E-state index contributed by atoms with van der Waals surface area (Å²) in [5, 5.41) is 51.9. The summed E-state index contributed by atoms with van der Waals surface area (Å²) in [4.78, 5) is 97.7. The number of carbonyl (C=O) groups is 3. The monoisotopic (exact) mass is 1720 g/mol. The van der Waals surface area contributed by atoms with Crippen molar-refractivity contribution in [3.05, 3.63) is 109 Å². The van der Waals surface area contributed by atoms with Gasteiger partial charge < -0.3 is 75.9 Å². The number of nitrogens with one attached hydrogen (secondary N) is 5. The molecule has 12 atom stereocenters. The largest absolute Gasteiger partial charge is 0.480 e. The van der Waals surface area contributed by atoms with Gasteiger partial charge in [0.1, 0.15) is 29.3 Å². The lowest BCUT2D eigenvalue weighted by atomic mass is 9.89. The van der Waals surface area contributed by atoms with E-state index >= 15 is 0 Å². The number of aliphatic carboxylic acids is 1. The number of esters is 2. The Hall–Kier alpha value is -6.73. The quantitative estimate of drug-likeness (QED) is 0.0188. The normalized spacial score (nSPS) is 24.9. The first-order valence-corrected chi connectivity index (χ1v) is 46.2. The molecule has 6 bridgehead atoms. The number of piperidine rings is 3. The number of carbonyl (C=O) groups excluding carboxylic acids is 2. The van der Waals surface area contributed by atoms with Crippen LogP contribution in [-0.2, 0) is 23.9 Å². The minimum Gasteiger partial charge on any atom is -0.480 e. The molecule has 4 unspecified atom stereocenters. The van der Waals surface area contributed by atoms with E-state index in [0.29, 0.717) is 92.7 Å². The number of ether oxygens (including phenoxy) is 2. The number of fused-ring (bicyclic) bond motifs is 9. The molecule has 6 aromatic rings. The van der Waals surface area contributed by atoms with Gasteiger partial charge >= 0.3 is 17.9 Å². The number of aliphatic hydroxyl groups is 3. The Morgan fingerprint density at radius 2 is 0.686 bits per heavy atom. The first-order valence-electron chi connectivity index (χ1n) is 45.8. The van der Waals surface area contributed by atoms with E-state index in [1.165, 1.54) is 173 Å². The van der Waals surface area contributed by atoms with Gasteiger partial charge in [-0.05, 0) is 194 Å². The van der Waals surface area contributed by atoms with Gasteiger partial charge in [-0.25, -0.2) is 15.0 Å². The third kappa shape index (κ3) is 24.9. The van der Waals surface area contributed by atoms with Crippen molar-refractivity contribution in [3.63, 3.8) is 0 Å². The molecule has 670 valence electrons. The maximum absolute atomic E-state index is 13.9. The van der Waals surface area contributed by atoms with Crippen molar-refractivity contribution in [2.24, 2.45) is 5.73 Å². The first kappa shape index (κ1) is 94.9. The zero-order chi connectivity index (χ0) is 85.0. The fourth-order valence-electron chi connectivity index (χ4n) is 21.5. The summed E-state index contributed by atoms with van der Waals surface area (Å²) in [6, 6.07) is 27.3. The van der Waals surface area contributed by atoms with Crippen LogP contribution in [0.3, 0.4) is 0 Å². The van der Waals surface area contributed by atoms with E-state index in [2.05, 4.69) is 56.2 Å². The Labute approximate surface area is 726 Å². The van der Waals surface area contributed by atoms with Crippen LogP contribution in [0.4, 0.5) is 11.6 Å². The molecule has 15 rings (SSSR count). The maximum atomic E-state index is 13.9. The lowest BCUT2D eigenvalue weighted by molar-refractivity contribution is -0.159. The summed E-state index contributed by atoms with van der Waals surface area (Å²) in [5.74, 6) is -1.42. The predicted molar refractivity (Wildman–Crippen MR) is 481 cm³/mol. The number of rotatable bonds is 25. The summed E-state index contributed by atoms with van der Waals surface area (Å²) < 4.78 is 16.4. The van der Waals surface area contributed by atoms with Gasteiger partial charge in [0.2, 0.25) is 0 Å². The molecule has 6 aliphatic heterocycles. The third-order valence-corrected chi connectivity index (χ3v) is 26.8. The van der Waals surface area contributed by atoms with Crippen molar-refractivity contribution in [2.75, 3.05) is 69.7 Å². The molecule has 9 fully saturated rings. The molecular formula is C92H141Cl2N15O12. The molecule has 3 aliphatic carbocycles. The van der Waals surface area contributed by atoms with Crippen LogP contribution >= 0.6 is 24.0 Å². The van der Waals surface area contributed by atoms with Gasteiger partial charge in [-0.3, -0.25) is 43.5 Å². The summed E-state index contributed by atoms with van der Waals surface area (Å²) in [5.41, 5.74) is 8.90. The highest BCUT2D eigenvalue weighted by Crippen LogP contribution is 2.48. The summed E-state index contributed by atoms with van der Waals surface area (Å²) in [6.07, 6.45) is 42.2. The van der Waals surface area contributed by atoms with Crippen LogP contribution in [0.5, 0.6) is 0 Å². The Morgan fingerprint density at radius 1 is 0.405 bits per heavy atom. The number of aromatic nitrogens is 6. The van der Waals surface area contributed by atoms with E-state index < -0.39 is 53.8 Å². The molecule has 27 nitrogen and oxygen atoms in total. The first-order chi connectivity index (χ1) is 57.9. The van der Waals surface area contributed by atoms with E-state index in [1.54, 1.807) is 41.5 Å². The minimum absolute atomic E-state index is 0. The van der Waals surface area contributed by atoms with Crippen LogP contribution in [0.15, 0.2) is 87.2 Å². The van der Waals surface area contributed by atoms with Crippen LogP contribution in [0.2, 0.25) is 5.15 Å². The fraction of sp³-hybridized carbons (Fsp3) is 0.707. The lowest BCUT2D eigenvalue weighted by Gasteiger charge is -2.45. The van der Waals surface area contributed by atoms with Crippen molar-refractivity contribution in [2.45, 2.75) is 355 Å². The van der Waals surface area contributed by atoms with Gasteiger partial charge in [-0.1, -0.05) is 144 Å².